The maximum absolute atomic E-state index is 11.4. The molecule has 3 N–H and O–H groups in total. The van der Waals surface area contributed by atoms with Crippen molar-refractivity contribution in [3.63, 3.8) is 0 Å². The lowest BCUT2D eigenvalue weighted by Gasteiger charge is -2.51. The van der Waals surface area contributed by atoms with E-state index in [9.17, 15) is 5.11 Å². The van der Waals surface area contributed by atoms with Crippen molar-refractivity contribution in [2.45, 2.75) is 37.7 Å². The number of nitrogens with two attached hydrogens (primary N) is 1. The van der Waals surface area contributed by atoms with Crippen molar-refractivity contribution in [2.75, 3.05) is 19.8 Å². The van der Waals surface area contributed by atoms with E-state index in [1.165, 1.54) is 5.56 Å². The Morgan fingerprint density at radius 2 is 2.05 bits per heavy atom. The summed E-state index contributed by atoms with van der Waals surface area (Å²) in [6, 6.07) is 8.27. The average molecular weight is 261 g/mol. The SMILES string of the molecule is NCC1(C2(O)CCCc3ccccc32)CCCOC1. The third-order valence-corrected chi connectivity index (χ3v) is 5.04. The summed E-state index contributed by atoms with van der Waals surface area (Å²) in [7, 11) is 0. The molecule has 3 nitrogen and oxygen atoms in total. The lowest BCUT2D eigenvalue weighted by Crippen LogP contribution is -2.56. The fourth-order valence-electron chi connectivity index (χ4n) is 3.87. The number of hydrogen-bond donors (Lipinski definition) is 2. The van der Waals surface area contributed by atoms with Gasteiger partial charge in [-0.05, 0) is 43.2 Å². The molecule has 3 rings (SSSR count). The summed E-state index contributed by atoms with van der Waals surface area (Å²) >= 11 is 0. The van der Waals surface area contributed by atoms with Crippen LogP contribution in [0.25, 0.3) is 0 Å². The van der Waals surface area contributed by atoms with E-state index in [-0.39, 0.29) is 5.41 Å². The molecule has 2 unspecified atom stereocenters. The second-order valence-corrected chi connectivity index (χ2v) is 6.01. The molecule has 104 valence electrons. The van der Waals surface area contributed by atoms with Gasteiger partial charge >= 0.3 is 0 Å². The Hall–Kier alpha value is -0.900. The third-order valence-electron chi connectivity index (χ3n) is 5.04. The fourth-order valence-corrected chi connectivity index (χ4v) is 3.87. The first kappa shape index (κ1) is 13.1. The zero-order valence-corrected chi connectivity index (χ0v) is 11.4. The van der Waals surface area contributed by atoms with Crippen molar-refractivity contribution in [1.29, 1.82) is 0 Å². The van der Waals surface area contributed by atoms with Crippen LogP contribution in [0, 0.1) is 5.41 Å². The van der Waals surface area contributed by atoms with Gasteiger partial charge < -0.3 is 15.6 Å². The van der Waals surface area contributed by atoms with E-state index in [0.29, 0.717) is 13.2 Å². The third kappa shape index (κ3) is 1.92. The van der Waals surface area contributed by atoms with Crippen molar-refractivity contribution in [3.8, 4) is 0 Å². The molecule has 1 saturated heterocycles. The van der Waals surface area contributed by atoms with E-state index in [1.807, 2.05) is 6.07 Å². The van der Waals surface area contributed by atoms with Gasteiger partial charge in [0.2, 0.25) is 0 Å². The molecule has 2 atom stereocenters. The van der Waals surface area contributed by atoms with Crippen molar-refractivity contribution < 1.29 is 9.84 Å². The Morgan fingerprint density at radius 3 is 2.79 bits per heavy atom. The smallest absolute Gasteiger partial charge is 0.0989 e. The summed E-state index contributed by atoms with van der Waals surface area (Å²) < 4.78 is 5.67. The van der Waals surface area contributed by atoms with Crippen LogP contribution < -0.4 is 5.73 Å². The van der Waals surface area contributed by atoms with Gasteiger partial charge in [0.25, 0.3) is 0 Å². The Morgan fingerprint density at radius 1 is 1.21 bits per heavy atom. The van der Waals surface area contributed by atoms with E-state index in [0.717, 1.165) is 44.3 Å². The van der Waals surface area contributed by atoms with E-state index in [1.54, 1.807) is 0 Å². The molecule has 0 aromatic heterocycles. The molecular weight excluding hydrogens is 238 g/mol. The lowest BCUT2D eigenvalue weighted by atomic mass is 9.60. The standard InChI is InChI=1S/C16H23NO2/c17-11-15(8-4-10-19-12-15)16(18)9-3-6-13-5-1-2-7-14(13)16/h1-2,5,7,18H,3-4,6,8-12,17H2. The summed E-state index contributed by atoms with van der Waals surface area (Å²) in [4.78, 5) is 0. The normalized spacial score (nSPS) is 34.8. The molecule has 3 heteroatoms. The summed E-state index contributed by atoms with van der Waals surface area (Å²) in [5, 5.41) is 11.4. The van der Waals surface area contributed by atoms with Gasteiger partial charge in [0.1, 0.15) is 0 Å². The highest BCUT2D eigenvalue weighted by molar-refractivity contribution is 5.37. The summed E-state index contributed by atoms with van der Waals surface area (Å²) in [5.41, 5.74) is 7.28. The highest BCUT2D eigenvalue weighted by Crippen LogP contribution is 2.50. The number of rotatable bonds is 2. The molecule has 0 spiro atoms. The van der Waals surface area contributed by atoms with Crippen molar-refractivity contribution in [1.82, 2.24) is 0 Å². The Labute approximate surface area is 114 Å². The predicted octanol–water partition coefficient (Wildman–Crippen LogP) is 1.97. The quantitative estimate of drug-likeness (QED) is 0.855. The molecule has 1 aromatic carbocycles. The maximum atomic E-state index is 11.4. The number of fused-ring (bicyclic) bond motifs is 1. The molecular formula is C16H23NO2. The maximum Gasteiger partial charge on any atom is 0.0989 e. The van der Waals surface area contributed by atoms with Crippen molar-refractivity contribution >= 4 is 0 Å². The van der Waals surface area contributed by atoms with Crippen LogP contribution in [0.2, 0.25) is 0 Å². The Bertz CT molecular complexity index is 454. The molecule has 0 saturated carbocycles. The molecule has 0 bridgehead atoms. The van der Waals surface area contributed by atoms with Crippen molar-refractivity contribution in [3.05, 3.63) is 35.4 Å². The van der Waals surface area contributed by atoms with Gasteiger partial charge in [0, 0.05) is 18.6 Å². The lowest BCUT2D eigenvalue weighted by molar-refractivity contribution is -0.157. The van der Waals surface area contributed by atoms with Gasteiger partial charge in [0.15, 0.2) is 0 Å². The molecule has 1 aliphatic heterocycles. The van der Waals surface area contributed by atoms with Crippen molar-refractivity contribution in [2.24, 2.45) is 11.1 Å². The highest BCUT2D eigenvalue weighted by atomic mass is 16.5. The minimum absolute atomic E-state index is 0.318. The van der Waals surface area contributed by atoms with Crippen LogP contribution in [-0.4, -0.2) is 24.9 Å². The Kier molecular flexibility index (Phi) is 3.37. The minimum atomic E-state index is -0.822. The first-order chi connectivity index (χ1) is 9.22. The van der Waals surface area contributed by atoms with E-state index >= 15 is 0 Å². The molecule has 1 fully saturated rings. The number of ether oxygens (including phenoxy) is 1. The molecule has 0 radical (unpaired) electrons. The number of aryl methyl sites for hydroxylation is 1. The molecule has 1 aliphatic carbocycles. The van der Waals surface area contributed by atoms with Crippen LogP contribution in [0.5, 0.6) is 0 Å². The van der Waals surface area contributed by atoms with Gasteiger partial charge in [-0.2, -0.15) is 0 Å². The van der Waals surface area contributed by atoms with E-state index < -0.39 is 5.60 Å². The zero-order valence-electron chi connectivity index (χ0n) is 11.4. The highest BCUT2D eigenvalue weighted by Gasteiger charge is 2.52. The minimum Gasteiger partial charge on any atom is -0.384 e. The van der Waals surface area contributed by atoms with Gasteiger partial charge in [-0.15, -0.1) is 0 Å². The van der Waals surface area contributed by atoms with Gasteiger partial charge in [-0.1, -0.05) is 24.3 Å². The molecule has 0 amide bonds. The molecule has 1 heterocycles. The zero-order chi connectivity index (χ0) is 13.3. The summed E-state index contributed by atoms with van der Waals surface area (Å²) in [5.74, 6) is 0. The van der Waals surface area contributed by atoms with Crippen LogP contribution in [-0.2, 0) is 16.8 Å². The van der Waals surface area contributed by atoms with E-state index in [4.69, 9.17) is 10.5 Å². The van der Waals surface area contributed by atoms with Crippen LogP contribution in [0.15, 0.2) is 24.3 Å². The second kappa shape index (κ2) is 4.89. The second-order valence-electron chi connectivity index (χ2n) is 6.01. The molecule has 19 heavy (non-hydrogen) atoms. The van der Waals surface area contributed by atoms with Gasteiger partial charge in [-0.25, -0.2) is 0 Å². The van der Waals surface area contributed by atoms with Crippen LogP contribution in [0.4, 0.5) is 0 Å². The predicted molar refractivity (Wildman–Crippen MR) is 74.8 cm³/mol. The van der Waals surface area contributed by atoms with Gasteiger partial charge in [0.05, 0.1) is 12.2 Å². The number of benzene rings is 1. The number of aliphatic hydroxyl groups is 1. The van der Waals surface area contributed by atoms with Gasteiger partial charge in [-0.3, -0.25) is 0 Å². The van der Waals surface area contributed by atoms with Crippen LogP contribution >= 0.6 is 0 Å². The molecule has 2 aliphatic rings. The fraction of sp³-hybridized carbons (Fsp3) is 0.625. The topological polar surface area (TPSA) is 55.5 Å². The largest absolute Gasteiger partial charge is 0.384 e. The van der Waals surface area contributed by atoms with E-state index in [2.05, 4.69) is 18.2 Å². The first-order valence-corrected chi connectivity index (χ1v) is 7.30. The van der Waals surface area contributed by atoms with Crippen LogP contribution in [0.1, 0.15) is 36.8 Å². The number of hydrogen-bond acceptors (Lipinski definition) is 3. The monoisotopic (exact) mass is 261 g/mol. The Balaban J connectivity index is 2.07. The molecule has 1 aromatic rings. The summed E-state index contributed by atoms with van der Waals surface area (Å²) in [6.07, 6.45) is 4.82. The van der Waals surface area contributed by atoms with Crippen LogP contribution in [0.3, 0.4) is 0 Å². The first-order valence-electron chi connectivity index (χ1n) is 7.30. The average Bonchev–Trinajstić information content (AvgIpc) is 2.48. The summed E-state index contributed by atoms with van der Waals surface area (Å²) in [6.45, 7) is 1.85.